The lowest BCUT2D eigenvalue weighted by Crippen LogP contribution is -2.27. The second-order valence-corrected chi connectivity index (χ2v) is 4.97. The largest absolute Gasteiger partial charge is 0.326 e. The summed E-state index contributed by atoms with van der Waals surface area (Å²) < 4.78 is 0. The SMILES string of the molecule is CC(=O)Nc1cccc(NC(=O)C(C)(C)C)c1. The molecule has 0 heterocycles. The number of benzene rings is 1. The third kappa shape index (κ3) is 4.26. The van der Waals surface area contributed by atoms with E-state index in [9.17, 15) is 9.59 Å². The molecule has 1 aromatic rings. The first-order chi connectivity index (χ1) is 7.79. The number of amides is 2. The van der Waals surface area contributed by atoms with E-state index >= 15 is 0 Å². The van der Waals surface area contributed by atoms with Crippen molar-refractivity contribution in [2.24, 2.45) is 5.41 Å². The highest BCUT2D eigenvalue weighted by molar-refractivity contribution is 5.95. The zero-order chi connectivity index (χ0) is 13.1. The van der Waals surface area contributed by atoms with Crippen molar-refractivity contribution in [1.29, 1.82) is 0 Å². The van der Waals surface area contributed by atoms with Gasteiger partial charge in [-0.3, -0.25) is 9.59 Å². The fraction of sp³-hybridized carbons (Fsp3) is 0.385. The van der Waals surface area contributed by atoms with E-state index in [1.807, 2.05) is 20.8 Å². The number of hydrogen-bond donors (Lipinski definition) is 2. The summed E-state index contributed by atoms with van der Waals surface area (Å²) in [6.45, 7) is 6.99. The molecule has 0 bridgehead atoms. The van der Waals surface area contributed by atoms with Crippen LogP contribution < -0.4 is 10.6 Å². The molecule has 17 heavy (non-hydrogen) atoms. The maximum Gasteiger partial charge on any atom is 0.229 e. The Balaban J connectivity index is 2.79. The first-order valence-electron chi connectivity index (χ1n) is 5.48. The molecule has 0 aliphatic rings. The van der Waals surface area contributed by atoms with Crippen molar-refractivity contribution in [3.63, 3.8) is 0 Å². The van der Waals surface area contributed by atoms with Gasteiger partial charge in [0.1, 0.15) is 0 Å². The molecule has 0 saturated carbocycles. The molecule has 0 aliphatic heterocycles. The van der Waals surface area contributed by atoms with E-state index < -0.39 is 5.41 Å². The van der Waals surface area contributed by atoms with E-state index in [0.717, 1.165) is 0 Å². The fourth-order valence-electron chi connectivity index (χ4n) is 1.20. The lowest BCUT2D eigenvalue weighted by Gasteiger charge is -2.18. The minimum atomic E-state index is -0.440. The Kier molecular flexibility index (Phi) is 3.89. The molecule has 2 amide bonds. The van der Waals surface area contributed by atoms with Crippen LogP contribution in [-0.2, 0) is 9.59 Å². The molecule has 4 nitrogen and oxygen atoms in total. The molecular weight excluding hydrogens is 216 g/mol. The molecule has 0 aliphatic carbocycles. The van der Waals surface area contributed by atoms with Gasteiger partial charge in [-0.25, -0.2) is 0 Å². The monoisotopic (exact) mass is 234 g/mol. The molecule has 92 valence electrons. The average molecular weight is 234 g/mol. The maximum atomic E-state index is 11.8. The molecule has 1 aromatic carbocycles. The fourth-order valence-corrected chi connectivity index (χ4v) is 1.20. The first kappa shape index (κ1) is 13.2. The van der Waals surface area contributed by atoms with Gasteiger partial charge in [0.05, 0.1) is 0 Å². The lowest BCUT2D eigenvalue weighted by molar-refractivity contribution is -0.123. The normalized spacial score (nSPS) is 10.8. The second kappa shape index (κ2) is 4.99. The molecule has 0 fully saturated rings. The minimum absolute atomic E-state index is 0.0579. The van der Waals surface area contributed by atoms with Crippen molar-refractivity contribution in [2.75, 3.05) is 10.6 Å². The standard InChI is InChI=1S/C13H18N2O2/c1-9(16)14-10-6-5-7-11(8-10)15-12(17)13(2,3)4/h5-8H,1-4H3,(H,14,16)(H,15,17). The molecule has 0 spiro atoms. The Labute approximate surface area is 101 Å². The Hall–Kier alpha value is -1.84. The van der Waals surface area contributed by atoms with E-state index in [1.165, 1.54) is 6.92 Å². The van der Waals surface area contributed by atoms with Crippen LogP contribution >= 0.6 is 0 Å². The highest BCUT2D eigenvalue weighted by atomic mass is 16.2. The van der Waals surface area contributed by atoms with E-state index in [1.54, 1.807) is 24.3 Å². The number of nitrogens with one attached hydrogen (secondary N) is 2. The predicted octanol–water partition coefficient (Wildman–Crippen LogP) is 2.63. The van der Waals surface area contributed by atoms with Crippen molar-refractivity contribution < 1.29 is 9.59 Å². The Morgan fingerprint density at radius 2 is 1.59 bits per heavy atom. The highest BCUT2D eigenvalue weighted by Gasteiger charge is 2.21. The van der Waals surface area contributed by atoms with E-state index in [2.05, 4.69) is 10.6 Å². The van der Waals surface area contributed by atoms with E-state index in [-0.39, 0.29) is 11.8 Å². The molecule has 0 atom stereocenters. The van der Waals surface area contributed by atoms with Gasteiger partial charge in [0, 0.05) is 23.7 Å². The Morgan fingerprint density at radius 3 is 2.06 bits per heavy atom. The van der Waals surface area contributed by atoms with Crippen LogP contribution in [0.2, 0.25) is 0 Å². The van der Waals surface area contributed by atoms with Gasteiger partial charge in [0.15, 0.2) is 0 Å². The molecular formula is C13H18N2O2. The quantitative estimate of drug-likeness (QED) is 0.826. The first-order valence-corrected chi connectivity index (χ1v) is 5.48. The summed E-state index contributed by atoms with van der Waals surface area (Å²) in [5, 5.41) is 5.47. The zero-order valence-electron chi connectivity index (χ0n) is 10.6. The summed E-state index contributed by atoms with van der Waals surface area (Å²) in [6.07, 6.45) is 0. The van der Waals surface area contributed by atoms with Crippen LogP contribution in [0.15, 0.2) is 24.3 Å². The summed E-state index contributed by atoms with van der Waals surface area (Å²) >= 11 is 0. The van der Waals surface area contributed by atoms with Gasteiger partial charge >= 0.3 is 0 Å². The van der Waals surface area contributed by atoms with Crippen LogP contribution in [0.3, 0.4) is 0 Å². The van der Waals surface area contributed by atoms with Gasteiger partial charge in [-0.2, -0.15) is 0 Å². The third-order valence-electron chi connectivity index (χ3n) is 2.12. The van der Waals surface area contributed by atoms with Gasteiger partial charge in [0.2, 0.25) is 11.8 Å². The summed E-state index contributed by atoms with van der Waals surface area (Å²) in [7, 11) is 0. The van der Waals surface area contributed by atoms with Crippen LogP contribution in [0, 0.1) is 5.41 Å². The molecule has 0 saturated heterocycles. The van der Waals surface area contributed by atoms with Gasteiger partial charge < -0.3 is 10.6 Å². The molecule has 0 aromatic heterocycles. The topological polar surface area (TPSA) is 58.2 Å². The van der Waals surface area contributed by atoms with Gasteiger partial charge in [0.25, 0.3) is 0 Å². The predicted molar refractivity (Wildman–Crippen MR) is 68.8 cm³/mol. The Bertz CT molecular complexity index is 433. The number of rotatable bonds is 2. The van der Waals surface area contributed by atoms with Crippen molar-refractivity contribution in [3.05, 3.63) is 24.3 Å². The Morgan fingerprint density at radius 1 is 1.06 bits per heavy atom. The average Bonchev–Trinajstić information content (AvgIpc) is 2.15. The third-order valence-corrected chi connectivity index (χ3v) is 2.12. The number of hydrogen-bond acceptors (Lipinski definition) is 2. The molecule has 1 rings (SSSR count). The van der Waals surface area contributed by atoms with Crippen molar-refractivity contribution in [1.82, 2.24) is 0 Å². The van der Waals surface area contributed by atoms with Crippen LogP contribution in [-0.4, -0.2) is 11.8 Å². The summed E-state index contributed by atoms with van der Waals surface area (Å²) in [6, 6.07) is 7.07. The summed E-state index contributed by atoms with van der Waals surface area (Å²) in [4.78, 5) is 22.7. The van der Waals surface area contributed by atoms with Crippen LogP contribution in [0.5, 0.6) is 0 Å². The second-order valence-electron chi connectivity index (χ2n) is 4.97. The van der Waals surface area contributed by atoms with Crippen LogP contribution in [0.4, 0.5) is 11.4 Å². The van der Waals surface area contributed by atoms with Crippen LogP contribution in [0.1, 0.15) is 27.7 Å². The maximum absolute atomic E-state index is 11.8. The van der Waals surface area contributed by atoms with E-state index in [0.29, 0.717) is 11.4 Å². The van der Waals surface area contributed by atoms with Crippen molar-refractivity contribution >= 4 is 23.2 Å². The lowest BCUT2D eigenvalue weighted by atomic mass is 9.95. The van der Waals surface area contributed by atoms with Crippen LogP contribution in [0.25, 0.3) is 0 Å². The van der Waals surface area contributed by atoms with E-state index in [4.69, 9.17) is 0 Å². The zero-order valence-corrected chi connectivity index (χ0v) is 10.6. The van der Waals surface area contributed by atoms with Crippen molar-refractivity contribution in [3.8, 4) is 0 Å². The number of carbonyl (C=O) groups is 2. The molecule has 4 heteroatoms. The van der Waals surface area contributed by atoms with Gasteiger partial charge in [-0.05, 0) is 18.2 Å². The van der Waals surface area contributed by atoms with Gasteiger partial charge in [-0.1, -0.05) is 26.8 Å². The van der Waals surface area contributed by atoms with Crippen molar-refractivity contribution in [2.45, 2.75) is 27.7 Å². The summed E-state index contributed by atoms with van der Waals surface area (Å²) in [5.74, 6) is -0.193. The number of carbonyl (C=O) groups excluding carboxylic acids is 2. The number of anilines is 2. The summed E-state index contributed by atoms with van der Waals surface area (Å²) in [5.41, 5.74) is 0.907. The molecule has 0 radical (unpaired) electrons. The minimum Gasteiger partial charge on any atom is -0.326 e. The molecule has 2 N–H and O–H groups in total. The molecule has 0 unspecified atom stereocenters. The van der Waals surface area contributed by atoms with Gasteiger partial charge in [-0.15, -0.1) is 0 Å². The smallest absolute Gasteiger partial charge is 0.229 e. The highest BCUT2D eigenvalue weighted by Crippen LogP contribution is 2.19.